The van der Waals surface area contributed by atoms with Gasteiger partial charge >= 0.3 is 0 Å². The summed E-state index contributed by atoms with van der Waals surface area (Å²) in [5.74, 6) is 0.754. The summed E-state index contributed by atoms with van der Waals surface area (Å²) in [4.78, 5) is 10.4. The normalized spacial score (nSPS) is 10.9. The third kappa shape index (κ3) is 5.19. The molecule has 4 nitrogen and oxygen atoms in total. The maximum Gasteiger partial charge on any atom is 0.224 e. The van der Waals surface area contributed by atoms with Crippen molar-refractivity contribution >= 4 is 33.3 Å². The molecule has 0 amide bonds. The Balaban J connectivity index is 2.33. The minimum Gasteiger partial charge on any atom is -0.369 e. The summed E-state index contributed by atoms with van der Waals surface area (Å²) in [6.45, 7) is 8.52. The van der Waals surface area contributed by atoms with Crippen molar-refractivity contribution in [3.05, 3.63) is 16.0 Å². The summed E-state index contributed by atoms with van der Waals surface area (Å²) in [6, 6.07) is 0. The summed E-state index contributed by atoms with van der Waals surface area (Å²) in [6.07, 6.45) is 2.73. The molecule has 0 bridgehead atoms. The molecule has 1 aromatic rings. The zero-order chi connectivity index (χ0) is 12.7. The lowest BCUT2D eigenvalue weighted by Crippen LogP contribution is -2.25. The molecule has 0 unspecified atom stereocenters. The van der Waals surface area contributed by atoms with Gasteiger partial charge in [-0.05, 0) is 53.6 Å². The summed E-state index contributed by atoms with van der Waals surface area (Å²) in [5, 5.41) is 3.51. The molecule has 0 aliphatic rings. The number of hydrogen-bond donors (Lipinski definition) is 1. The van der Waals surface area contributed by atoms with Crippen LogP contribution in [-0.4, -0.2) is 41.0 Å². The fourth-order valence-corrected chi connectivity index (χ4v) is 1.98. The first kappa shape index (κ1) is 14.7. The molecular weight excluding hydrogens is 304 g/mol. The van der Waals surface area contributed by atoms with Crippen LogP contribution in [0.4, 0.5) is 5.82 Å². The first-order valence-corrected chi connectivity index (χ1v) is 6.98. The summed E-state index contributed by atoms with van der Waals surface area (Å²) >= 11 is 9.12. The lowest BCUT2D eigenvalue weighted by Gasteiger charge is -2.17. The van der Waals surface area contributed by atoms with Crippen molar-refractivity contribution in [1.29, 1.82) is 0 Å². The average Bonchev–Trinajstić information content (AvgIpc) is 2.33. The first-order chi connectivity index (χ1) is 8.17. The molecule has 17 heavy (non-hydrogen) atoms. The van der Waals surface area contributed by atoms with Crippen molar-refractivity contribution in [2.75, 3.05) is 31.5 Å². The van der Waals surface area contributed by atoms with E-state index < -0.39 is 0 Å². The Morgan fingerprint density at radius 3 is 2.76 bits per heavy atom. The fourth-order valence-electron chi connectivity index (χ4n) is 1.52. The second kappa shape index (κ2) is 7.84. The van der Waals surface area contributed by atoms with Crippen molar-refractivity contribution in [2.24, 2.45) is 0 Å². The number of nitrogens with one attached hydrogen (secondary N) is 1. The van der Waals surface area contributed by atoms with Gasteiger partial charge < -0.3 is 10.2 Å². The van der Waals surface area contributed by atoms with Gasteiger partial charge in [-0.25, -0.2) is 4.98 Å². The topological polar surface area (TPSA) is 41.0 Å². The Labute approximate surface area is 116 Å². The zero-order valence-electron chi connectivity index (χ0n) is 10.2. The molecule has 6 heteroatoms. The highest BCUT2D eigenvalue weighted by Gasteiger charge is 2.03. The van der Waals surface area contributed by atoms with E-state index in [4.69, 9.17) is 11.6 Å². The quantitative estimate of drug-likeness (QED) is 0.619. The molecule has 0 aliphatic carbocycles. The van der Waals surface area contributed by atoms with E-state index in [1.165, 1.54) is 0 Å². The fraction of sp³-hybridized carbons (Fsp3) is 0.636. The molecule has 0 fully saturated rings. The number of anilines is 1. The summed E-state index contributed by atoms with van der Waals surface area (Å²) < 4.78 is 0.838. The molecule has 96 valence electrons. The van der Waals surface area contributed by atoms with Crippen LogP contribution < -0.4 is 5.32 Å². The molecule has 1 heterocycles. The van der Waals surface area contributed by atoms with Crippen LogP contribution >= 0.6 is 27.5 Å². The Hall–Kier alpha value is -0.390. The van der Waals surface area contributed by atoms with Gasteiger partial charge in [0.1, 0.15) is 5.82 Å². The lowest BCUT2D eigenvalue weighted by molar-refractivity contribution is 0.303. The van der Waals surface area contributed by atoms with Crippen LogP contribution in [-0.2, 0) is 0 Å². The lowest BCUT2D eigenvalue weighted by atomic mass is 10.3. The molecule has 0 radical (unpaired) electrons. The summed E-state index contributed by atoms with van der Waals surface area (Å²) in [7, 11) is 0. The predicted molar refractivity (Wildman–Crippen MR) is 75.6 cm³/mol. The van der Waals surface area contributed by atoms with Gasteiger partial charge in [-0.2, -0.15) is 4.98 Å². The second-order valence-corrected chi connectivity index (χ2v) is 4.84. The van der Waals surface area contributed by atoms with Gasteiger partial charge in [0.25, 0.3) is 0 Å². The molecule has 0 saturated heterocycles. The highest BCUT2D eigenvalue weighted by atomic mass is 79.9. The SMILES string of the molecule is CCN(CC)CCCNc1nc(Cl)ncc1Br. The Morgan fingerprint density at radius 2 is 2.12 bits per heavy atom. The highest BCUT2D eigenvalue weighted by Crippen LogP contribution is 2.19. The van der Waals surface area contributed by atoms with Gasteiger partial charge in [0.15, 0.2) is 0 Å². The van der Waals surface area contributed by atoms with E-state index >= 15 is 0 Å². The van der Waals surface area contributed by atoms with Crippen LogP contribution in [0.25, 0.3) is 0 Å². The van der Waals surface area contributed by atoms with Crippen molar-refractivity contribution in [3.63, 3.8) is 0 Å². The molecule has 0 spiro atoms. The smallest absolute Gasteiger partial charge is 0.224 e. The van der Waals surface area contributed by atoms with E-state index in [1.54, 1.807) is 6.20 Å². The zero-order valence-corrected chi connectivity index (χ0v) is 12.6. The van der Waals surface area contributed by atoms with E-state index in [1.807, 2.05) is 0 Å². The first-order valence-electron chi connectivity index (χ1n) is 5.81. The molecule has 1 aromatic heterocycles. The van der Waals surface area contributed by atoms with Crippen molar-refractivity contribution in [2.45, 2.75) is 20.3 Å². The molecule has 0 aliphatic heterocycles. The van der Waals surface area contributed by atoms with E-state index in [0.29, 0.717) is 0 Å². The largest absolute Gasteiger partial charge is 0.369 e. The Bertz CT molecular complexity index is 344. The molecule has 0 atom stereocenters. The number of rotatable bonds is 7. The van der Waals surface area contributed by atoms with Gasteiger partial charge in [-0.1, -0.05) is 13.8 Å². The van der Waals surface area contributed by atoms with Gasteiger partial charge in [0, 0.05) is 12.7 Å². The molecule has 1 rings (SSSR count). The van der Waals surface area contributed by atoms with Crippen LogP contribution in [0.3, 0.4) is 0 Å². The molecule has 0 aromatic carbocycles. The number of halogens is 2. The number of hydrogen-bond acceptors (Lipinski definition) is 4. The second-order valence-electron chi connectivity index (χ2n) is 3.64. The monoisotopic (exact) mass is 320 g/mol. The van der Waals surface area contributed by atoms with Crippen molar-refractivity contribution < 1.29 is 0 Å². The molecular formula is C11H18BrClN4. The van der Waals surface area contributed by atoms with E-state index in [2.05, 4.69) is 50.0 Å². The Morgan fingerprint density at radius 1 is 1.41 bits per heavy atom. The van der Waals surface area contributed by atoms with Gasteiger partial charge in [-0.15, -0.1) is 0 Å². The van der Waals surface area contributed by atoms with E-state index in [0.717, 1.165) is 42.9 Å². The van der Waals surface area contributed by atoms with Crippen LogP contribution in [0.15, 0.2) is 10.7 Å². The van der Waals surface area contributed by atoms with Crippen molar-refractivity contribution in [3.8, 4) is 0 Å². The van der Waals surface area contributed by atoms with Crippen LogP contribution in [0.5, 0.6) is 0 Å². The van der Waals surface area contributed by atoms with Gasteiger partial charge in [0.05, 0.1) is 4.47 Å². The average molecular weight is 322 g/mol. The minimum absolute atomic E-state index is 0.263. The van der Waals surface area contributed by atoms with Gasteiger partial charge in [0.2, 0.25) is 5.28 Å². The number of aromatic nitrogens is 2. The standard InChI is InChI=1S/C11H18BrClN4/c1-3-17(4-2)7-5-6-14-10-9(12)8-15-11(13)16-10/h8H,3-7H2,1-2H3,(H,14,15,16). The van der Waals surface area contributed by atoms with E-state index in [9.17, 15) is 0 Å². The molecule has 1 N–H and O–H groups in total. The third-order valence-electron chi connectivity index (χ3n) is 2.55. The maximum absolute atomic E-state index is 5.73. The summed E-state index contributed by atoms with van der Waals surface area (Å²) in [5.41, 5.74) is 0. The van der Waals surface area contributed by atoms with E-state index in [-0.39, 0.29) is 5.28 Å². The Kier molecular flexibility index (Phi) is 6.77. The minimum atomic E-state index is 0.263. The van der Waals surface area contributed by atoms with Crippen LogP contribution in [0, 0.1) is 0 Å². The number of nitrogens with zero attached hydrogens (tertiary/aromatic N) is 3. The van der Waals surface area contributed by atoms with Crippen molar-refractivity contribution in [1.82, 2.24) is 14.9 Å². The van der Waals surface area contributed by atoms with Crippen LogP contribution in [0.1, 0.15) is 20.3 Å². The predicted octanol–water partition coefficient (Wildman–Crippen LogP) is 3.04. The third-order valence-corrected chi connectivity index (χ3v) is 3.32. The highest BCUT2D eigenvalue weighted by molar-refractivity contribution is 9.10. The van der Waals surface area contributed by atoms with Gasteiger partial charge in [-0.3, -0.25) is 0 Å². The maximum atomic E-state index is 5.73. The molecule has 0 saturated carbocycles. The van der Waals surface area contributed by atoms with Crippen LogP contribution in [0.2, 0.25) is 5.28 Å².